The molecule has 0 fully saturated rings. The van der Waals surface area contributed by atoms with Gasteiger partial charge in [0.15, 0.2) is 0 Å². The predicted octanol–water partition coefficient (Wildman–Crippen LogP) is 1.70. The summed E-state index contributed by atoms with van der Waals surface area (Å²) in [6.07, 6.45) is 0. The highest BCUT2D eigenvalue weighted by Crippen LogP contribution is 2.21. The number of hydrogen-bond acceptors (Lipinski definition) is 4. The smallest absolute Gasteiger partial charge is 0.281 e. The van der Waals surface area contributed by atoms with Crippen molar-refractivity contribution in [2.75, 3.05) is 11.5 Å². The van der Waals surface area contributed by atoms with Gasteiger partial charge in [-0.1, -0.05) is 11.6 Å². The SMILES string of the molecule is Cc1cc(N)n(C(=O)c2cc(N)ccc2Cl)n1. The minimum absolute atomic E-state index is 0.269. The van der Waals surface area contributed by atoms with Crippen LogP contribution in [0.3, 0.4) is 0 Å². The van der Waals surface area contributed by atoms with Gasteiger partial charge < -0.3 is 11.5 Å². The van der Waals surface area contributed by atoms with Gasteiger partial charge in [-0.3, -0.25) is 4.79 Å². The molecule has 0 bridgehead atoms. The van der Waals surface area contributed by atoms with Gasteiger partial charge in [0.1, 0.15) is 5.82 Å². The zero-order chi connectivity index (χ0) is 12.6. The lowest BCUT2D eigenvalue weighted by Crippen LogP contribution is -2.16. The summed E-state index contributed by atoms with van der Waals surface area (Å²) in [4.78, 5) is 12.1. The quantitative estimate of drug-likeness (QED) is 0.754. The number of anilines is 2. The molecule has 0 spiro atoms. The second-order valence-electron chi connectivity index (χ2n) is 3.67. The van der Waals surface area contributed by atoms with Gasteiger partial charge in [-0.05, 0) is 25.1 Å². The molecule has 5 nitrogen and oxygen atoms in total. The second kappa shape index (κ2) is 4.10. The summed E-state index contributed by atoms with van der Waals surface area (Å²) in [5.41, 5.74) is 12.7. The Labute approximate surface area is 103 Å². The maximum absolute atomic E-state index is 12.1. The number of aryl methyl sites for hydroxylation is 1. The third kappa shape index (κ3) is 2.09. The van der Waals surface area contributed by atoms with E-state index in [1.807, 2.05) is 0 Å². The molecule has 0 atom stereocenters. The monoisotopic (exact) mass is 250 g/mol. The van der Waals surface area contributed by atoms with Crippen molar-refractivity contribution in [3.05, 3.63) is 40.5 Å². The molecule has 0 unspecified atom stereocenters. The van der Waals surface area contributed by atoms with Crippen LogP contribution in [0.25, 0.3) is 0 Å². The number of carbonyl (C=O) groups is 1. The summed E-state index contributed by atoms with van der Waals surface area (Å²) in [5.74, 6) is -0.126. The van der Waals surface area contributed by atoms with Crippen LogP contribution in [0.2, 0.25) is 5.02 Å². The van der Waals surface area contributed by atoms with Crippen LogP contribution < -0.4 is 11.5 Å². The Hall–Kier alpha value is -2.01. The van der Waals surface area contributed by atoms with Crippen molar-refractivity contribution >= 4 is 29.0 Å². The molecule has 0 saturated heterocycles. The lowest BCUT2D eigenvalue weighted by molar-refractivity contribution is 0.0948. The zero-order valence-electron chi connectivity index (χ0n) is 9.14. The van der Waals surface area contributed by atoms with Crippen LogP contribution in [0.15, 0.2) is 24.3 Å². The van der Waals surface area contributed by atoms with Crippen LogP contribution in [-0.4, -0.2) is 15.7 Å². The summed E-state index contributed by atoms with van der Waals surface area (Å²) in [6.45, 7) is 1.75. The molecule has 1 aromatic heterocycles. The first-order valence-corrected chi connectivity index (χ1v) is 5.28. The van der Waals surface area contributed by atoms with Crippen molar-refractivity contribution in [3.63, 3.8) is 0 Å². The van der Waals surface area contributed by atoms with E-state index in [2.05, 4.69) is 5.10 Å². The molecule has 4 N–H and O–H groups in total. The topological polar surface area (TPSA) is 86.9 Å². The van der Waals surface area contributed by atoms with E-state index in [0.29, 0.717) is 16.4 Å². The van der Waals surface area contributed by atoms with Gasteiger partial charge >= 0.3 is 0 Å². The van der Waals surface area contributed by atoms with Gasteiger partial charge in [-0.15, -0.1) is 0 Å². The first-order chi connectivity index (χ1) is 7.99. The number of carbonyl (C=O) groups excluding carboxylic acids is 1. The fourth-order valence-corrected chi connectivity index (χ4v) is 1.70. The van der Waals surface area contributed by atoms with Crippen molar-refractivity contribution < 1.29 is 4.79 Å². The maximum Gasteiger partial charge on any atom is 0.281 e. The van der Waals surface area contributed by atoms with Crippen molar-refractivity contribution in [1.82, 2.24) is 9.78 Å². The molecule has 17 heavy (non-hydrogen) atoms. The average molecular weight is 251 g/mol. The molecule has 0 aliphatic rings. The van der Waals surface area contributed by atoms with E-state index in [1.54, 1.807) is 25.1 Å². The van der Waals surface area contributed by atoms with Crippen molar-refractivity contribution in [1.29, 1.82) is 0 Å². The van der Waals surface area contributed by atoms with Gasteiger partial charge in [0.25, 0.3) is 5.91 Å². The van der Waals surface area contributed by atoms with E-state index < -0.39 is 5.91 Å². The highest BCUT2D eigenvalue weighted by atomic mass is 35.5. The van der Waals surface area contributed by atoms with E-state index in [9.17, 15) is 4.79 Å². The van der Waals surface area contributed by atoms with Gasteiger partial charge in [-0.25, -0.2) is 0 Å². The normalized spacial score (nSPS) is 10.5. The molecule has 0 radical (unpaired) electrons. The number of nitrogens with two attached hydrogens (primary N) is 2. The van der Waals surface area contributed by atoms with E-state index >= 15 is 0 Å². The molecular weight excluding hydrogens is 240 g/mol. The Kier molecular flexibility index (Phi) is 2.77. The summed E-state index contributed by atoms with van der Waals surface area (Å²) < 4.78 is 1.11. The lowest BCUT2D eigenvalue weighted by Gasteiger charge is -2.05. The molecular formula is C11H11ClN4O. The highest BCUT2D eigenvalue weighted by Gasteiger charge is 2.16. The average Bonchev–Trinajstić information content (AvgIpc) is 2.60. The fraction of sp³-hybridized carbons (Fsp3) is 0.0909. The molecule has 0 aliphatic heterocycles. The Bertz CT molecular complexity index is 591. The minimum atomic E-state index is -0.395. The first kappa shape index (κ1) is 11.5. The minimum Gasteiger partial charge on any atom is -0.399 e. The van der Waals surface area contributed by atoms with Crippen LogP contribution in [-0.2, 0) is 0 Å². The summed E-state index contributed by atoms with van der Waals surface area (Å²) in [6, 6.07) is 6.30. The summed E-state index contributed by atoms with van der Waals surface area (Å²) >= 11 is 5.94. The van der Waals surface area contributed by atoms with Crippen molar-refractivity contribution in [2.45, 2.75) is 6.92 Å². The molecule has 0 amide bonds. The Morgan fingerprint density at radius 3 is 2.65 bits per heavy atom. The largest absolute Gasteiger partial charge is 0.399 e. The molecule has 0 aliphatic carbocycles. The fourth-order valence-electron chi connectivity index (χ4n) is 1.50. The molecule has 0 saturated carbocycles. The van der Waals surface area contributed by atoms with Gasteiger partial charge in [0.2, 0.25) is 0 Å². The van der Waals surface area contributed by atoms with Crippen LogP contribution in [0, 0.1) is 6.92 Å². The van der Waals surface area contributed by atoms with Crippen LogP contribution in [0.4, 0.5) is 11.5 Å². The molecule has 6 heteroatoms. The number of nitrogen functional groups attached to an aromatic ring is 2. The van der Waals surface area contributed by atoms with Crippen LogP contribution in [0.5, 0.6) is 0 Å². The molecule has 88 valence electrons. The van der Waals surface area contributed by atoms with Crippen molar-refractivity contribution in [3.8, 4) is 0 Å². The maximum atomic E-state index is 12.1. The summed E-state index contributed by atoms with van der Waals surface area (Å²) in [7, 11) is 0. The molecule has 1 aromatic carbocycles. The van der Waals surface area contributed by atoms with E-state index in [0.717, 1.165) is 4.68 Å². The molecule has 1 heterocycles. The number of hydrogen-bond donors (Lipinski definition) is 2. The Morgan fingerprint density at radius 2 is 2.06 bits per heavy atom. The number of rotatable bonds is 1. The third-order valence-electron chi connectivity index (χ3n) is 2.27. The standard InChI is InChI=1S/C11H11ClN4O/c1-6-4-10(14)16(15-6)11(17)8-5-7(13)2-3-9(8)12/h2-5H,13-14H2,1H3. The number of aromatic nitrogens is 2. The molecule has 2 rings (SSSR count). The Morgan fingerprint density at radius 1 is 1.35 bits per heavy atom. The molecule has 2 aromatic rings. The second-order valence-corrected chi connectivity index (χ2v) is 4.07. The van der Waals surface area contributed by atoms with Crippen LogP contribution >= 0.6 is 11.6 Å². The first-order valence-electron chi connectivity index (χ1n) is 4.91. The van der Waals surface area contributed by atoms with Crippen molar-refractivity contribution in [2.24, 2.45) is 0 Å². The zero-order valence-corrected chi connectivity index (χ0v) is 9.90. The van der Waals surface area contributed by atoms with E-state index in [4.69, 9.17) is 23.1 Å². The van der Waals surface area contributed by atoms with Crippen LogP contribution in [0.1, 0.15) is 16.1 Å². The number of benzene rings is 1. The highest BCUT2D eigenvalue weighted by molar-refractivity contribution is 6.34. The summed E-state index contributed by atoms with van der Waals surface area (Å²) in [5, 5.41) is 4.32. The van der Waals surface area contributed by atoms with Gasteiger partial charge in [0, 0.05) is 11.8 Å². The number of nitrogens with zero attached hydrogens (tertiary/aromatic N) is 2. The lowest BCUT2D eigenvalue weighted by atomic mass is 10.2. The van der Waals surface area contributed by atoms with Gasteiger partial charge in [0.05, 0.1) is 16.3 Å². The Balaban J connectivity index is 2.50. The predicted molar refractivity (Wildman–Crippen MR) is 67.0 cm³/mol. The third-order valence-corrected chi connectivity index (χ3v) is 2.60. The van der Waals surface area contributed by atoms with E-state index in [1.165, 1.54) is 6.07 Å². The van der Waals surface area contributed by atoms with E-state index in [-0.39, 0.29) is 11.4 Å². The van der Waals surface area contributed by atoms with Gasteiger partial charge in [-0.2, -0.15) is 9.78 Å². The number of halogens is 1.